The normalized spacial score (nSPS) is 12.5. The first-order valence-electron chi connectivity index (χ1n) is 5.04. The molecule has 0 saturated heterocycles. The van der Waals surface area contributed by atoms with E-state index >= 15 is 0 Å². The van der Waals surface area contributed by atoms with E-state index in [1.54, 1.807) is 30.3 Å². The number of hydrogen-bond donors (Lipinski definition) is 2. The number of rotatable bonds is 0. The Morgan fingerprint density at radius 1 is 0.812 bits per heavy atom. The number of ether oxygens (including phenoxy) is 1. The summed E-state index contributed by atoms with van der Waals surface area (Å²) >= 11 is 0. The van der Waals surface area contributed by atoms with Crippen molar-refractivity contribution in [3.05, 3.63) is 47.5 Å². The average molecular weight is 214 g/mol. The highest BCUT2D eigenvalue weighted by atomic mass is 16.5. The lowest BCUT2D eigenvalue weighted by Gasteiger charge is -2.20. The van der Waals surface area contributed by atoms with Crippen molar-refractivity contribution < 1.29 is 14.9 Å². The van der Waals surface area contributed by atoms with Gasteiger partial charge in [0.15, 0.2) is 0 Å². The summed E-state index contributed by atoms with van der Waals surface area (Å²) in [6.45, 7) is 0. The van der Waals surface area contributed by atoms with Crippen LogP contribution in [0.5, 0.6) is 23.0 Å². The third kappa shape index (κ3) is 1.37. The first-order chi connectivity index (χ1) is 7.72. The second-order valence-electron chi connectivity index (χ2n) is 3.86. The van der Waals surface area contributed by atoms with Gasteiger partial charge in [0, 0.05) is 18.1 Å². The molecule has 80 valence electrons. The highest BCUT2D eigenvalue weighted by molar-refractivity contribution is 5.53. The first kappa shape index (κ1) is 9.09. The minimum absolute atomic E-state index is 0.195. The molecule has 0 atom stereocenters. The minimum atomic E-state index is 0.195. The van der Waals surface area contributed by atoms with Crippen LogP contribution in [-0.4, -0.2) is 10.2 Å². The molecule has 0 bridgehead atoms. The summed E-state index contributed by atoms with van der Waals surface area (Å²) < 4.78 is 5.64. The van der Waals surface area contributed by atoms with Crippen LogP contribution in [0.2, 0.25) is 0 Å². The Balaban J connectivity index is 2.09. The van der Waals surface area contributed by atoms with Crippen LogP contribution in [0.15, 0.2) is 36.4 Å². The minimum Gasteiger partial charge on any atom is -0.508 e. The van der Waals surface area contributed by atoms with Crippen molar-refractivity contribution in [2.24, 2.45) is 0 Å². The Labute approximate surface area is 92.5 Å². The van der Waals surface area contributed by atoms with Gasteiger partial charge < -0.3 is 14.9 Å². The second kappa shape index (κ2) is 3.17. The zero-order valence-corrected chi connectivity index (χ0v) is 8.47. The molecule has 0 aliphatic carbocycles. The highest BCUT2D eigenvalue weighted by Crippen LogP contribution is 2.39. The van der Waals surface area contributed by atoms with Crippen LogP contribution in [0.4, 0.5) is 0 Å². The molecular weight excluding hydrogens is 204 g/mol. The van der Waals surface area contributed by atoms with Gasteiger partial charge in [-0.3, -0.25) is 0 Å². The summed E-state index contributed by atoms with van der Waals surface area (Å²) in [5.74, 6) is 1.85. The van der Waals surface area contributed by atoms with E-state index in [0.717, 1.165) is 16.9 Å². The molecule has 0 saturated carbocycles. The molecule has 0 amide bonds. The molecule has 1 aliphatic heterocycles. The summed E-state index contributed by atoms with van der Waals surface area (Å²) in [7, 11) is 0. The standard InChI is InChI=1S/C13H10O3/c14-10-3-4-12-9(6-10)5-8-1-2-11(15)7-13(8)16-12/h1-4,6-7,14-15H,5H2. The fraction of sp³-hybridized carbons (Fsp3) is 0.0769. The molecule has 3 nitrogen and oxygen atoms in total. The molecule has 0 radical (unpaired) electrons. The highest BCUT2D eigenvalue weighted by Gasteiger charge is 2.17. The number of aromatic hydroxyl groups is 2. The fourth-order valence-electron chi connectivity index (χ4n) is 1.91. The van der Waals surface area contributed by atoms with Gasteiger partial charge in [0.05, 0.1) is 0 Å². The Kier molecular flexibility index (Phi) is 1.80. The number of phenols is 2. The van der Waals surface area contributed by atoms with Crippen LogP contribution in [-0.2, 0) is 6.42 Å². The summed E-state index contributed by atoms with van der Waals surface area (Å²) in [5, 5.41) is 18.7. The molecule has 2 N–H and O–H groups in total. The number of fused-ring (bicyclic) bond motifs is 2. The smallest absolute Gasteiger partial charge is 0.134 e. The van der Waals surface area contributed by atoms with E-state index < -0.39 is 0 Å². The summed E-state index contributed by atoms with van der Waals surface area (Å²) in [6.07, 6.45) is 0.708. The van der Waals surface area contributed by atoms with Gasteiger partial charge in [0.2, 0.25) is 0 Å². The largest absolute Gasteiger partial charge is 0.508 e. The van der Waals surface area contributed by atoms with Crippen molar-refractivity contribution in [3.8, 4) is 23.0 Å². The molecule has 2 aromatic carbocycles. The van der Waals surface area contributed by atoms with Crippen molar-refractivity contribution in [2.75, 3.05) is 0 Å². The topological polar surface area (TPSA) is 49.7 Å². The Bertz CT molecular complexity index is 510. The monoisotopic (exact) mass is 214 g/mol. The summed E-state index contributed by atoms with van der Waals surface area (Å²) in [4.78, 5) is 0. The maximum absolute atomic E-state index is 9.38. The lowest BCUT2D eigenvalue weighted by molar-refractivity contribution is 0.437. The second-order valence-corrected chi connectivity index (χ2v) is 3.86. The number of benzene rings is 2. The molecule has 0 aromatic heterocycles. The van der Waals surface area contributed by atoms with Crippen molar-refractivity contribution in [2.45, 2.75) is 6.42 Å². The van der Waals surface area contributed by atoms with E-state index in [0.29, 0.717) is 12.2 Å². The maximum Gasteiger partial charge on any atom is 0.134 e. The van der Waals surface area contributed by atoms with E-state index in [1.165, 1.54) is 0 Å². The van der Waals surface area contributed by atoms with E-state index in [9.17, 15) is 10.2 Å². The quantitative estimate of drug-likeness (QED) is 0.605. The SMILES string of the molecule is Oc1ccc2c(c1)Cc1ccc(O)cc1O2. The fourth-order valence-corrected chi connectivity index (χ4v) is 1.91. The molecule has 0 spiro atoms. The predicted molar refractivity (Wildman–Crippen MR) is 59.1 cm³/mol. The van der Waals surface area contributed by atoms with Gasteiger partial charge in [0.1, 0.15) is 23.0 Å². The van der Waals surface area contributed by atoms with Gasteiger partial charge in [-0.2, -0.15) is 0 Å². The number of hydrogen-bond acceptors (Lipinski definition) is 3. The van der Waals surface area contributed by atoms with Crippen molar-refractivity contribution >= 4 is 0 Å². The van der Waals surface area contributed by atoms with E-state index in [1.807, 2.05) is 6.07 Å². The van der Waals surface area contributed by atoms with Gasteiger partial charge in [-0.05, 0) is 29.8 Å². The van der Waals surface area contributed by atoms with E-state index in [4.69, 9.17) is 4.74 Å². The van der Waals surface area contributed by atoms with Gasteiger partial charge in [-0.1, -0.05) is 6.07 Å². The van der Waals surface area contributed by atoms with Crippen LogP contribution in [0.3, 0.4) is 0 Å². The number of phenolic OH excluding ortho intramolecular Hbond substituents is 2. The van der Waals surface area contributed by atoms with Crippen molar-refractivity contribution in [3.63, 3.8) is 0 Å². The lowest BCUT2D eigenvalue weighted by atomic mass is 10.00. The maximum atomic E-state index is 9.38. The van der Waals surface area contributed by atoms with Crippen LogP contribution in [0.1, 0.15) is 11.1 Å². The third-order valence-corrected chi connectivity index (χ3v) is 2.70. The zero-order chi connectivity index (χ0) is 11.1. The van der Waals surface area contributed by atoms with Crippen molar-refractivity contribution in [1.82, 2.24) is 0 Å². The molecule has 3 heteroatoms. The van der Waals surface area contributed by atoms with Gasteiger partial charge in [-0.25, -0.2) is 0 Å². The zero-order valence-electron chi connectivity index (χ0n) is 8.47. The lowest BCUT2D eigenvalue weighted by Crippen LogP contribution is -2.02. The van der Waals surface area contributed by atoms with Gasteiger partial charge in [-0.15, -0.1) is 0 Å². The Hall–Kier alpha value is -2.16. The van der Waals surface area contributed by atoms with Gasteiger partial charge >= 0.3 is 0 Å². The third-order valence-electron chi connectivity index (χ3n) is 2.70. The van der Waals surface area contributed by atoms with Crippen LogP contribution in [0, 0.1) is 0 Å². The Morgan fingerprint density at radius 2 is 1.56 bits per heavy atom. The summed E-state index contributed by atoms with van der Waals surface area (Å²) in [6, 6.07) is 10.1. The molecular formula is C13H10O3. The molecule has 1 aliphatic rings. The van der Waals surface area contributed by atoms with E-state index in [-0.39, 0.29) is 11.5 Å². The van der Waals surface area contributed by atoms with Crippen LogP contribution < -0.4 is 4.74 Å². The molecule has 2 aromatic rings. The Morgan fingerprint density at radius 3 is 2.44 bits per heavy atom. The van der Waals surface area contributed by atoms with Crippen LogP contribution in [0.25, 0.3) is 0 Å². The molecule has 3 rings (SSSR count). The van der Waals surface area contributed by atoms with Crippen LogP contribution >= 0.6 is 0 Å². The average Bonchev–Trinajstić information content (AvgIpc) is 2.26. The van der Waals surface area contributed by atoms with E-state index in [2.05, 4.69) is 0 Å². The van der Waals surface area contributed by atoms with Crippen molar-refractivity contribution in [1.29, 1.82) is 0 Å². The molecule has 0 unspecified atom stereocenters. The van der Waals surface area contributed by atoms with Gasteiger partial charge in [0.25, 0.3) is 0 Å². The molecule has 1 heterocycles. The molecule has 0 fully saturated rings. The predicted octanol–water partition coefficient (Wildman–Crippen LogP) is 2.79. The molecule has 16 heavy (non-hydrogen) atoms. The first-order valence-corrected chi connectivity index (χ1v) is 5.04. The summed E-state index contributed by atoms with van der Waals surface area (Å²) in [5.41, 5.74) is 1.97.